The van der Waals surface area contributed by atoms with Gasteiger partial charge in [-0.05, 0) is 5.92 Å². The number of aliphatic carboxylic acids is 1. The van der Waals surface area contributed by atoms with Crippen molar-refractivity contribution in [3.8, 4) is 0 Å². The molecule has 0 aromatic rings. The monoisotopic (exact) mass is 237 g/mol. The minimum Gasteiger partial charge on any atom is -0.480 e. The van der Waals surface area contributed by atoms with Gasteiger partial charge in [-0.2, -0.15) is 0 Å². The number of carboxylic acid groups (broad SMARTS) is 1. The third-order valence-electron chi connectivity index (χ3n) is 1.37. The average molecular weight is 238 g/mol. The summed E-state index contributed by atoms with van der Waals surface area (Å²) in [6, 6.07) is -0.796. The molecule has 0 saturated carbocycles. The van der Waals surface area contributed by atoms with Crippen LogP contribution in [0.1, 0.15) is 13.8 Å². The Bertz CT molecular complexity index is 181. The van der Waals surface area contributed by atoms with Crippen LogP contribution in [-0.2, 0) is 9.59 Å². The van der Waals surface area contributed by atoms with Crippen molar-refractivity contribution < 1.29 is 14.7 Å². The highest BCUT2D eigenvalue weighted by atomic mass is 79.9. The highest BCUT2D eigenvalue weighted by Crippen LogP contribution is 2.01. The molecule has 0 spiro atoms. The zero-order valence-corrected chi connectivity index (χ0v) is 8.59. The maximum atomic E-state index is 10.8. The van der Waals surface area contributed by atoms with E-state index in [1.54, 1.807) is 13.8 Å². The third kappa shape index (κ3) is 3.71. The molecule has 0 aliphatic heterocycles. The van der Waals surface area contributed by atoms with E-state index in [0.717, 1.165) is 0 Å². The van der Waals surface area contributed by atoms with Crippen molar-refractivity contribution in [2.45, 2.75) is 19.9 Å². The van der Waals surface area contributed by atoms with Gasteiger partial charge in [-0.1, -0.05) is 29.8 Å². The fourth-order valence-corrected chi connectivity index (χ4v) is 0.887. The van der Waals surface area contributed by atoms with Gasteiger partial charge in [0.1, 0.15) is 6.04 Å². The van der Waals surface area contributed by atoms with Crippen LogP contribution >= 0.6 is 15.9 Å². The van der Waals surface area contributed by atoms with Gasteiger partial charge in [0.05, 0.1) is 5.33 Å². The third-order valence-corrected chi connectivity index (χ3v) is 1.88. The van der Waals surface area contributed by atoms with Crippen LogP contribution in [0.2, 0.25) is 0 Å². The highest BCUT2D eigenvalue weighted by molar-refractivity contribution is 9.09. The summed E-state index contributed by atoms with van der Waals surface area (Å²) in [5.41, 5.74) is 0. The second-order valence-corrected chi connectivity index (χ2v) is 3.32. The smallest absolute Gasteiger partial charge is 0.326 e. The van der Waals surface area contributed by atoms with Crippen molar-refractivity contribution in [2.24, 2.45) is 5.92 Å². The van der Waals surface area contributed by atoms with Gasteiger partial charge in [-0.25, -0.2) is 4.79 Å². The minimum atomic E-state index is -1.00. The number of rotatable bonds is 4. The first-order valence-electron chi connectivity index (χ1n) is 3.57. The predicted octanol–water partition coefficient (Wildman–Crippen LogP) is 0.607. The maximum absolute atomic E-state index is 10.8. The molecule has 0 aromatic carbocycles. The van der Waals surface area contributed by atoms with E-state index in [-0.39, 0.29) is 17.2 Å². The van der Waals surface area contributed by atoms with Crippen LogP contribution in [0.15, 0.2) is 0 Å². The van der Waals surface area contributed by atoms with Crippen LogP contribution < -0.4 is 5.32 Å². The Balaban J connectivity index is 4.14. The normalized spacial score (nSPS) is 12.7. The summed E-state index contributed by atoms with van der Waals surface area (Å²) < 4.78 is 0. The molecule has 0 aliphatic carbocycles. The van der Waals surface area contributed by atoms with Gasteiger partial charge >= 0.3 is 5.97 Å². The standard InChI is InChI=1S/C7H12BrNO3/c1-4(2)6(7(11)12)9-5(10)3-8/h4,6H,3H2,1-2H3,(H,9,10)(H,11,12). The quantitative estimate of drug-likeness (QED) is 0.705. The van der Waals surface area contributed by atoms with Crippen LogP contribution in [0.4, 0.5) is 0 Å². The molecule has 1 unspecified atom stereocenters. The van der Waals surface area contributed by atoms with Gasteiger partial charge in [-0.3, -0.25) is 4.79 Å². The molecule has 0 aliphatic rings. The SMILES string of the molecule is CC(C)C(NC(=O)CBr)C(=O)O. The van der Waals surface area contributed by atoms with Crippen molar-refractivity contribution in [1.82, 2.24) is 5.32 Å². The number of carbonyl (C=O) groups excluding carboxylic acids is 1. The molecule has 1 amide bonds. The summed E-state index contributed by atoms with van der Waals surface area (Å²) >= 11 is 2.94. The molecule has 0 heterocycles. The Morgan fingerprint density at radius 1 is 1.50 bits per heavy atom. The van der Waals surface area contributed by atoms with Gasteiger partial charge in [-0.15, -0.1) is 0 Å². The summed E-state index contributed by atoms with van der Waals surface area (Å²) in [6.45, 7) is 3.49. The highest BCUT2D eigenvalue weighted by Gasteiger charge is 2.22. The van der Waals surface area contributed by atoms with Crippen LogP contribution in [0.25, 0.3) is 0 Å². The summed E-state index contributed by atoms with van der Waals surface area (Å²) in [6.07, 6.45) is 0. The first kappa shape index (κ1) is 11.4. The number of alkyl halides is 1. The Morgan fingerprint density at radius 3 is 2.25 bits per heavy atom. The molecule has 1 atom stereocenters. The lowest BCUT2D eigenvalue weighted by Crippen LogP contribution is -2.44. The zero-order chi connectivity index (χ0) is 9.72. The summed E-state index contributed by atoms with van der Waals surface area (Å²) in [5, 5.41) is 11.2. The molecule has 0 fully saturated rings. The lowest BCUT2D eigenvalue weighted by molar-refractivity contribution is -0.142. The molecule has 0 radical (unpaired) electrons. The van der Waals surface area contributed by atoms with E-state index in [1.807, 2.05) is 0 Å². The van der Waals surface area contributed by atoms with E-state index in [4.69, 9.17) is 5.11 Å². The van der Waals surface area contributed by atoms with E-state index < -0.39 is 12.0 Å². The van der Waals surface area contributed by atoms with Crippen LogP contribution in [-0.4, -0.2) is 28.4 Å². The van der Waals surface area contributed by atoms with Crippen molar-refractivity contribution in [2.75, 3.05) is 5.33 Å². The molecular formula is C7H12BrNO3. The maximum Gasteiger partial charge on any atom is 0.326 e. The zero-order valence-electron chi connectivity index (χ0n) is 7.00. The molecule has 5 heteroatoms. The van der Waals surface area contributed by atoms with Gasteiger partial charge in [0.2, 0.25) is 5.91 Å². The number of hydrogen-bond acceptors (Lipinski definition) is 2. The Hall–Kier alpha value is -0.580. The molecule has 0 aromatic heterocycles. The molecule has 0 rings (SSSR count). The van der Waals surface area contributed by atoms with Gasteiger partial charge in [0.15, 0.2) is 0 Å². The second kappa shape index (κ2) is 5.13. The van der Waals surface area contributed by atoms with E-state index in [0.29, 0.717) is 0 Å². The van der Waals surface area contributed by atoms with E-state index in [2.05, 4.69) is 21.2 Å². The summed E-state index contributed by atoms with van der Waals surface area (Å²) in [4.78, 5) is 21.4. The number of halogens is 1. The molecule has 70 valence electrons. The van der Waals surface area contributed by atoms with Crippen LogP contribution in [0, 0.1) is 5.92 Å². The van der Waals surface area contributed by atoms with Gasteiger partial charge in [0, 0.05) is 0 Å². The lowest BCUT2D eigenvalue weighted by atomic mass is 10.1. The molecular weight excluding hydrogens is 226 g/mol. The Labute approximate surface area is 79.5 Å². The lowest BCUT2D eigenvalue weighted by Gasteiger charge is -2.16. The average Bonchev–Trinajstić information content (AvgIpc) is 1.98. The fraction of sp³-hybridized carbons (Fsp3) is 0.714. The second-order valence-electron chi connectivity index (χ2n) is 2.76. The molecule has 2 N–H and O–H groups in total. The first-order chi connectivity index (χ1) is 5.49. The van der Waals surface area contributed by atoms with Gasteiger partial charge in [0.25, 0.3) is 0 Å². The van der Waals surface area contributed by atoms with Crippen LogP contribution in [0.5, 0.6) is 0 Å². The van der Waals surface area contributed by atoms with Crippen molar-refractivity contribution >= 4 is 27.8 Å². The molecule has 4 nitrogen and oxygen atoms in total. The predicted molar refractivity (Wildman–Crippen MR) is 48.2 cm³/mol. The number of amides is 1. The Morgan fingerprint density at radius 2 is 2.00 bits per heavy atom. The molecule has 0 bridgehead atoms. The number of carboxylic acids is 1. The van der Waals surface area contributed by atoms with Crippen molar-refractivity contribution in [1.29, 1.82) is 0 Å². The molecule has 0 saturated heterocycles. The number of nitrogens with one attached hydrogen (secondary N) is 1. The topological polar surface area (TPSA) is 66.4 Å². The Kier molecular flexibility index (Phi) is 4.89. The largest absolute Gasteiger partial charge is 0.480 e. The first-order valence-corrected chi connectivity index (χ1v) is 4.69. The summed E-state index contributed by atoms with van der Waals surface area (Å²) in [7, 11) is 0. The summed E-state index contributed by atoms with van der Waals surface area (Å²) in [5.74, 6) is -1.42. The van der Waals surface area contributed by atoms with Gasteiger partial charge < -0.3 is 10.4 Å². The molecule has 12 heavy (non-hydrogen) atoms. The number of carbonyl (C=O) groups is 2. The van der Waals surface area contributed by atoms with Crippen molar-refractivity contribution in [3.05, 3.63) is 0 Å². The van der Waals surface area contributed by atoms with Crippen LogP contribution in [0.3, 0.4) is 0 Å². The van der Waals surface area contributed by atoms with Crippen molar-refractivity contribution in [3.63, 3.8) is 0 Å². The fourth-order valence-electron chi connectivity index (χ4n) is 0.726. The number of hydrogen-bond donors (Lipinski definition) is 2. The van der Waals surface area contributed by atoms with E-state index in [1.165, 1.54) is 0 Å². The van der Waals surface area contributed by atoms with E-state index >= 15 is 0 Å². The van der Waals surface area contributed by atoms with E-state index in [9.17, 15) is 9.59 Å². The minimum absolute atomic E-state index is 0.106.